The SMILES string of the molecule is Cc1cc2c(Nc3cc(C4CCC(OC(=O)NC5(C)CC5)C4)[nH]n3)nccn2n1. The second kappa shape index (κ2) is 6.75. The third-order valence-electron chi connectivity index (χ3n) is 5.86. The molecule has 29 heavy (non-hydrogen) atoms. The fourth-order valence-corrected chi connectivity index (χ4v) is 3.94. The molecule has 0 aliphatic heterocycles. The lowest BCUT2D eigenvalue weighted by Crippen LogP contribution is -2.36. The minimum absolute atomic E-state index is 0.0488. The number of fused-ring (bicyclic) bond motifs is 1. The third-order valence-corrected chi connectivity index (χ3v) is 5.86. The number of aromatic amines is 1. The van der Waals surface area contributed by atoms with Crippen molar-refractivity contribution >= 4 is 23.2 Å². The van der Waals surface area contributed by atoms with E-state index in [4.69, 9.17) is 4.74 Å². The molecule has 2 saturated carbocycles. The molecule has 0 saturated heterocycles. The summed E-state index contributed by atoms with van der Waals surface area (Å²) in [5, 5.41) is 18.1. The molecule has 3 N–H and O–H groups in total. The van der Waals surface area contributed by atoms with Crippen LogP contribution in [0.2, 0.25) is 0 Å². The first-order valence-electron chi connectivity index (χ1n) is 10.1. The van der Waals surface area contributed by atoms with Crippen molar-refractivity contribution < 1.29 is 9.53 Å². The summed E-state index contributed by atoms with van der Waals surface area (Å²) < 4.78 is 7.41. The van der Waals surface area contributed by atoms with Crippen molar-refractivity contribution in [3.05, 3.63) is 35.9 Å². The Kier molecular flexibility index (Phi) is 4.18. The molecule has 0 spiro atoms. The van der Waals surface area contributed by atoms with Gasteiger partial charge in [-0.05, 0) is 52.0 Å². The number of carbonyl (C=O) groups excluding carboxylic acids is 1. The molecular formula is C20H25N7O2. The van der Waals surface area contributed by atoms with Gasteiger partial charge < -0.3 is 15.4 Å². The van der Waals surface area contributed by atoms with Gasteiger partial charge in [0.1, 0.15) is 11.6 Å². The normalized spacial score (nSPS) is 22.6. The van der Waals surface area contributed by atoms with Gasteiger partial charge in [-0.15, -0.1) is 0 Å². The highest BCUT2D eigenvalue weighted by Crippen LogP contribution is 2.37. The molecule has 3 heterocycles. The highest BCUT2D eigenvalue weighted by molar-refractivity contribution is 5.72. The molecule has 5 rings (SSSR count). The Hall–Kier alpha value is -3.10. The van der Waals surface area contributed by atoms with Gasteiger partial charge in [-0.2, -0.15) is 10.2 Å². The number of amides is 1. The summed E-state index contributed by atoms with van der Waals surface area (Å²) >= 11 is 0. The lowest BCUT2D eigenvalue weighted by Gasteiger charge is -2.16. The quantitative estimate of drug-likeness (QED) is 0.611. The number of ether oxygens (including phenoxy) is 1. The van der Waals surface area contributed by atoms with Gasteiger partial charge in [0.25, 0.3) is 0 Å². The maximum Gasteiger partial charge on any atom is 0.407 e. The minimum Gasteiger partial charge on any atom is -0.446 e. The van der Waals surface area contributed by atoms with E-state index in [0.29, 0.717) is 17.6 Å². The molecule has 9 nitrogen and oxygen atoms in total. The molecule has 1 amide bonds. The van der Waals surface area contributed by atoms with E-state index in [1.54, 1.807) is 10.7 Å². The zero-order chi connectivity index (χ0) is 20.0. The number of aromatic nitrogens is 5. The van der Waals surface area contributed by atoms with Crippen molar-refractivity contribution in [1.82, 2.24) is 30.1 Å². The van der Waals surface area contributed by atoms with E-state index in [1.807, 2.05) is 32.2 Å². The number of aryl methyl sites for hydroxylation is 1. The summed E-state index contributed by atoms with van der Waals surface area (Å²) in [6, 6.07) is 3.99. The number of carbonyl (C=O) groups is 1. The second-order valence-corrected chi connectivity index (χ2v) is 8.45. The highest BCUT2D eigenvalue weighted by atomic mass is 16.6. The van der Waals surface area contributed by atoms with Crippen LogP contribution in [-0.4, -0.2) is 42.5 Å². The zero-order valence-corrected chi connectivity index (χ0v) is 16.6. The average Bonchev–Trinajstić information content (AvgIpc) is 3.09. The summed E-state index contributed by atoms with van der Waals surface area (Å²) in [6.45, 7) is 4.00. The summed E-state index contributed by atoms with van der Waals surface area (Å²) in [5.74, 6) is 1.72. The van der Waals surface area contributed by atoms with E-state index in [2.05, 4.69) is 30.9 Å². The van der Waals surface area contributed by atoms with Crippen LogP contribution in [0.5, 0.6) is 0 Å². The Morgan fingerprint density at radius 3 is 3.03 bits per heavy atom. The number of anilines is 2. The van der Waals surface area contributed by atoms with E-state index in [9.17, 15) is 4.79 Å². The smallest absolute Gasteiger partial charge is 0.407 e. The van der Waals surface area contributed by atoms with Gasteiger partial charge in [0.2, 0.25) is 0 Å². The Balaban J connectivity index is 1.22. The van der Waals surface area contributed by atoms with Crippen LogP contribution in [0.15, 0.2) is 24.5 Å². The Morgan fingerprint density at radius 2 is 2.21 bits per heavy atom. The summed E-state index contributed by atoms with van der Waals surface area (Å²) in [4.78, 5) is 16.4. The van der Waals surface area contributed by atoms with Crippen LogP contribution in [0.1, 0.15) is 56.3 Å². The molecule has 2 unspecified atom stereocenters. The molecule has 2 atom stereocenters. The van der Waals surface area contributed by atoms with Crippen molar-refractivity contribution in [2.24, 2.45) is 0 Å². The number of nitrogens with zero attached hydrogens (tertiary/aromatic N) is 4. The highest BCUT2D eigenvalue weighted by Gasteiger charge is 2.40. The Bertz CT molecular complexity index is 1050. The Labute approximate surface area is 168 Å². The fourth-order valence-electron chi connectivity index (χ4n) is 3.94. The third kappa shape index (κ3) is 3.76. The van der Waals surface area contributed by atoms with Crippen molar-refractivity contribution in [2.75, 3.05) is 5.32 Å². The summed E-state index contributed by atoms with van der Waals surface area (Å²) in [6.07, 6.45) is 7.88. The molecular weight excluding hydrogens is 370 g/mol. The van der Waals surface area contributed by atoms with Crippen LogP contribution in [0.4, 0.5) is 16.4 Å². The van der Waals surface area contributed by atoms with Gasteiger partial charge in [0.05, 0.1) is 5.69 Å². The molecule has 0 aromatic carbocycles. The van der Waals surface area contributed by atoms with Gasteiger partial charge in [-0.25, -0.2) is 14.3 Å². The maximum atomic E-state index is 12.0. The van der Waals surface area contributed by atoms with Crippen molar-refractivity contribution in [3.8, 4) is 0 Å². The summed E-state index contributed by atoms with van der Waals surface area (Å²) in [5.41, 5.74) is 2.83. The summed E-state index contributed by atoms with van der Waals surface area (Å²) in [7, 11) is 0. The molecule has 2 aliphatic carbocycles. The minimum atomic E-state index is -0.294. The first-order chi connectivity index (χ1) is 14.0. The van der Waals surface area contributed by atoms with E-state index in [1.165, 1.54) is 0 Å². The number of alkyl carbamates (subject to hydrolysis) is 1. The van der Waals surface area contributed by atoms with Crippen molar-refractivity contribution in [1.29, 1.82) is 0 Å². The Morgan fingerprint density at radius 1 is 1.34 bits per heavy atom. The van der Waals surface area contributed by atoms with Crippen molar-refractivity contribution in [3.63, 3.8) is 0 Å². The van der Waals surface area contributed by atoms with Crippen LogP contribution >= 0.6 is 0 Å². The van der Waals surface area contributed by atoms with Crippen LogP contribution in [0.3, 0.4) is 0 Å². The predicted octanol–water partition coefficient (Wildman–Crippen LogP) is 3.42. The molecule has 9 heteroatoms. The van der Waals surface area contributed by atoms with Crippen LogP contribution in [0, 0.1) is 6.92 Å². The van der Waals surface area contributed by atoms with Gasteiger partial charge in [-0.1, -0.05) is 0 Å². The van der Waals surface area contributed by atoms with Gasteiger partial charge in [0, 0.05) is 35.6 Å². The predicted molar refractivity (Wildman–Crippen MR) is 107 cm³/mol. The number of rotatable bonds is 5. The van der Waals surface area contributed by atoms with Crippen LogP contribution < -0.4 is 10.6 Å². The van der Waals surface area contributed by atoms with E-state index in [-0.39, 0.29) is 17.7 Å². The molecule has 0 radical (unpaired) electrons. The average molecular weight is 395 g/mol. The molecule has 152 valence electrons. The van der Waals surface area contributed by atoms with E-state index in [0.717, 1.165) is 49.0 Å². The first kappa shape index (κ1) is 18.0. The maximum absolute atomic E-state index is 12.0. The largest absolute Gasteiger partial charge is 0.446 e. The number of hydrogen-bond acceptors (Lipinski definition) is 6. The van der Waals surface area contributed by atoms with E-state index < -0.39 is 0 Å². The standard InChI is InChI=1S/C20H25N7O2/c1-12-9-16-18(21-7-8-27(16)26-12)22-17-11-15(24-25-17)13-3-4-14(10-13)29-19(28)23-20(2)5-6-20/h7-9,11,13-14H,3-6,10H2,1-2H3,(H,23,28)(H2,21,22,24,25). The second-order valence-electron chi connectivity index (χ2n) is 8.45. The number of H-pyrrole nitrogens is 1. The fraction of sp³-hybridized carbons (Fsp3) is 0.500. The van der Waals surface area contributed by atoms with Gasteiger partial charge >= 0.3 is 6.09 Å². The topological polar surface area (TPSA) is 109 Å². The van der Waals surface area contributed by atoms with E-state index >= 15 is 0 Å². The molecule has 3 aromatic rings. The number of nitrogens with one attached hydrogen (secondary N) is 3. The number of hydrogen-bond donors (Lipinski definition) is 3. The lowest BCUT2D eigenvalue weighted by molar-refractivity contribution is 0.0967. The van der Waals surface area contributed by atoms with Crippen LogP contribution in [0.25, 0.3) is 5.52 Å². The van der Waals surface area contributed by atoms with Crippen molar-refractivity contribution in [2.45, 2.75) is 63.5 Å². The zero-order valence-electron chi connectivity index (χ0n) is 16.6. The molecule has 2 fully saturated rings. The molecule has 0 bridgehead atoms. The molecule has 3 aromatic heterocycles. The lowest BCUT2D eigenvalue weighted by atomic mass is 10.0. The van der Waals surface area contributed by atoms with Gasteiger partial charge in [-0.3, -0.25) is 5.10 Å². The monoisotopic (exact) mass is 395 g/mol. The van der Waals surface area contributed by atoms with Crippen LogP contribution in [-0.2, 0) is 4.74 Å². The van der Waals surface area contributed by atoms with Gasteiger partial charge in [0.15, 0.2) is 11.6 Å². The first-order valence-corrected chi connectivity index (χ1v) is 10.1. The molecule has 2 aliphatic rings.